The molecule has 140 valence electrons. The second kappa shape index (κ2) is 8.71. The van der Waals surface area contributed by atoms with Gasteiger partial charge < -0.3 is 15.4 Å². The van der Waals surface area contributed by atoms with E-state index in [9.17, 15) is 18.0 Å². The molecular formula is C19H21F3N2O2. The minimum atomic E-state index is -4.38. The summed E-state index contributed by atoms with van der Waals surface area (Å²) in [6, 6.07) is 11.8. The molecule has 0 aliphatic rings. The highest BCUT2D eigenvalue weighted by Crippen LogP contribution is 2.29. The fraction of sp³-hybridized carbons (Fsp3) is 0.316. The van der Waals surface area contributed by atoms with Gasteiger partial charge in [0, 0.05) is 13.1 Å². The van der Waals surface area contributed by atoms with E-state index in [2.05, 4.69) is 10.6 Å². The number of nitrogens with one attached hydrogen (secondary N) is 2. The van der Waals surface area contributed by atoms with E-state index in [1.165, 1.54) is 6.07 Å². The molecule has 0 aromatic heterocycles. The van der Waals surface area contributed by atoms with Gasteiger partial charge in [0.1, 0.15) is 5.75 Å². The van der Waals surface area contributed by atoms with Crippen LogP contribution in [-0.2, 0) is 24.1 Å². The number of carbonyl (C=O) groups is 1. The average molecular weight is 366 g/mol. The summed E-state index contributed by atoms with van der Waals surface area (Å²) in [6.45, 7) is 2.19. The Labute approximate surface area is 150 Å². The van der Waals surface area contributed by atoms with Gasteiger partial charge in [-0.15, -0.1) is 0 Å². The predicted molar refractivity (Wildman–Crippen MR) is 92.6 cm³/mol. The summed E-state index contributed by atoms with van der Waals surface area (Å²) in [5, 5.41) is 5.72. The van der Waals surface area contributed by atoms with Crippen LogP contribution in [0.2, 0.25) is 0 Å². The third-order valence-corrected chi connectivity index (χ3v) is 3.89. The Morgan fingerprint density at radius 1 is 1.08 bits per heavy atom. The normalized spacial score (nSPS) is 12.5. The van der Waals surface area contributed by atoms with Crippen LogP contribution in [0.5, 0.6) is 5.75 Å². The van der Waals surface area contributed by atoms with Crippen molar-refractivity contribution in [2.45, 2.75) is 32.2 Å². The maximum Gasteiger partial charge on any atom is 0.416 e. The van der Waals surface area contributed by atoms with Crippen molar-refractivity contribution in [3.05, 3.63) is 65.2 Å². The highest BCUT2D eigenvalue weighted by molar-refractivity contribution is 5.81. The van der Waals surface area contributed by atoms with E-state index < -0.39 is 17.8 Å². The zero-order valence-corrected chi connectivity index (χ0v) is 14.6. The van der Waals surface area contributed by atoms with Gasteiger partial charge in [-0.2, -0.15) is 13.2 Å². The Bertz CT molecular complexity index is 730. The number of amides is 1. The fourth-order valence-electron chi connectivity index (χ4n) is 2.31. The van der Waals surface area contributed by atoms with Gasteiger partial charge in [0.05, 0.1) is 18.7 Å². The molecule has 2 N–H and O–H groups in total. The summed E-state index contributed by atoms with van der Waals surface area (Å²) in [5.41, 5.74) is 0.687. The lowest BCUT2D eigenvalue weighted by atomic mass is 10.1. The van der Waals surface area contributed by atoms with Crippen LogP contribution >= 0.6 is 0 Å². The smallest absolute Gasteiger partial charge is 0.416 e. The van der Waals surface area contributed by atoms with Crippen LogP contribution in [0.4, 0.5) is 13.2 Å². The minimum absolute atomic E-state index is 0.168. The van der Waals surface area contributed by atoms with Gasteiger partial charge in [-0.1, -0.05) is 30.3 Å². The van der Waals surface area contributed by atoms with Crippen molar-refractivity contribution >= 4 is 5.91 Å². The van der Waals surface area contributed by atoms with Gasteiger partial charge in [0.25, 0.3) is 0 Å². The summed E-state index contributed by atoms with van der Waals surface area (Å²) in [5.74, 6) is 0.504. The van der Waals surface area contributed by atoms with Crippen LogP contribution in [0, 0.1) is 0 Å². The molecule has 0 aliphatic carbocycles. The second-order valence-electron chi connectivity index (χ2n) is 5.87. The van der Waals surface area contributed by atoms with Crippen LogP contribution in [0.25, 0.3) is 0 Å². The predicted octanol–water partition coefficient (Wildman–Crippen LogP) is 3.51. The van der Waals surface area contributed by atoms with Crippen LogP contribution < -0.4 is 15.4 Å². The van der Waals surface area contributed by atoms with Crippen LogP contribution in [0.1, 0.15) is 23.6 Å². The molecule has 0 aliphatic heterocycles. The highest BCUT2D eigenvalue weighted by Gasteiger charge is 2.30. The Balaban J connectivity index is 1.83. The van der Waals surface area contributed by atoms with Crippen molar-refractivity contribution in [1.29, 1.82) is 0 Å². The maximum absolute atomic E-state index is 12.7. The quantitative estimate of drug-likeness (QED) is 0.789. The number of ether oxygens (including phenoxy) is 1. The van der Waals surface area contributed by atoms with E-state index in [1.54, 1.807) is 32.2 Å². The number of benzene rings is 2. The van der Waals surface area contributed by atoms with Gasteiger partial charge in [0.15, 0.2) is 0 Å². The van der Waals surface area contributed by atoms with E-state index in [-0.39, 0.29) is 12.5 Å². The Morgan fingerprint density at radius 3 is 2.38 bits per heavy atom. The van der Waals surface area contributed by atoms with Crippen molar-refractivity contribution in [2.75, 3.05) is 7.11 Å². The summed E-state index contributed by atoms with van der Waals surface area (Å²) in [6.07, 6.45) is -4.38. The largest absolute Gasteiger partial charge is 0.497 e. The van der Waals surface area contributed by atoms with Gasteiger partial charge in [0.2, 0.25) is 5.91 Å². The fourth-order valence-corrected chi connectivity index (χ4v) is 2.31. The first kappa shape index (κ1) is 19.8. The van der Waals surface area contributed by atoms with Crippen molar-refractivity contribution in [3.8, 4) is 5.75 Å². The third-order valence-electron chi connectivity index (χ3n) is 3.89. The summed E-state index contributed by atoms with van der Waals surface area (Å²) in [7, 11) is 1.58. The summed E-state index contributed by atoms with van der Waals surface area (Å²) < 4.78 is 43.2. The third kappa shape index (κ3) is 5.77. The van der Waals surface area contributed by atoms with Crippen molar-refractivity contribution in [2.24, 2.45) is 0 Å². The first-order valence-electron chi connectivity index (χ1n) is 8.10. The lowest BCUT2D eigenvalue weighted by Gasteiger charge is -2.15. The van der Waals surface area contributed by atoms with E-state index in [1.807, 2.05) is 12.1 Å². The number of hydrogen-bond acceptors (Lipinski definition) is 3. The van der Waals surface area contributed by atoms with Crippen molar-refractivity contribution in [1.82, 2.24) is 10.6 Å². The first-order chi connectivity index (χ1) is 12.3. The van der Waals surface area contributed by atoms with E-state index >= 15 is 0 Å². The van der Waals surface area contributed by atoms with Crippen LogP contribution in [-0.4, -0.2) is 19.1 Å². The second-order valence-corrected chi connectivity index (χ2v) is 5.87. The average Bonchev–Trinajstić information content (AvgIpc) is 2.64. The number of hydrogen-bond donors (Lipinski definition) is 2. The molecule has 1 unspecified atom stereocenters. The number of methoxy groups -OCH3 is 1. The number of carbonyl (C=O) groups excluding carboxylic acids is 1. The highest BCUT2D eigenvalue weighted by atomic mass is 19.4. The summed E-state index contributed by atoms with van der Waals surface area (Å²) >= 11 is 0. The lowest BCUT2D eigenvalue weighted by molar-refractivity contribution is -0.137. The molecule has 0 saturated carbocycles. The molecule has 0 saturated heterocycles. The first-order valence-corrected chi connectivity index (χ1v) is 8.10. The van der Waals surface area contributed by atoms with Gasteiger partial charge >= 0.3 is 6.18 Å². The number of halogens is 3. The molecule has 1 amide bonds. The lowest BCUT2D eigenvalue weighted by Crippen LogP contribution is -2.41. The van der Waals surface area contributed by atoms with E-state index in [0.29, 0.717) is 12.1 Å². The Morgan fingerprint density at radius 2 is 1.77 bits per heavy atom. The van der Waals surface area contributed by atoms with Crippen molar-refractivity contribution in [3.63, 3.8) is 0 Å². The molecule has 0 spiro atoms. The molecule has 0 bridgehead atoms. The molecule has 7 heteroatoms. The molecule has 0 heterocycles. The number of alkyl halides is 3. The molecule has 4 nitrogen and oxygen atoms in total. The maximum atomic E-state index is 12.7. The van der Waals surface area contributed by atoms with E-state index in [0.717, 1.165) is 23.4 Å². The molecule has 26 heavy (non-hydrogen) atoms. The van der Waals surface area contributed by atoms with Gasteiger partial charge in [-0.25, -0.2) is 0 Å². The zero-order valence-electron chi connectivity index (χ0n) is 14.6. The zero-order chi connectivity index (χ0) is 19.2. The van der Waals surface area contributed by atoms with Crippen LogP contribution in [0.15, 0.2) is 48.5 Å². The molecule has 0 fully saturated rings. The molecule has 2 aromatic carbocycles. The monoisotopic (exact) mass is 366 g/mol. The molecule has 0 radical (unpaired) electrons. The molecule has 2 rings (SSSR count). The van der Waals surface area contributed by atoms with E-state index in [4.69, 9.17) is 4.74 Å². The SMILES string of the molecule is COc1ccc(CNC(=O)C(C)NCc2cccc(C(F)(F)F)c2)cc1. The Kier molecular flexibility index (Phi) is 6.63. The topological polar surface area (TPSA) is 50.4 Å². The molecular weight excluding hydrogens is 345 g/mol. The summed E-state index contributed by atoms with van der Waals surface area (Å²) in [4.78, 5) is 12.1. The molecule has 1 atom stereocenters. The Hall–Kier alpha value is -2.54. The minimum Gasteiger partial charge on any atom is -0.497 e. The molecule has 2 aromatic rings. The number of rotatable bonds is 7. The standard InChI is InChI=1S/C19H21F3N2O2/c1-13(18(25)24-11-14-6-8-17(26-2)9-7-14)23-12-15-4-3-5-16(10-15)19(20,21)22/h3-10,13,23H,11-12H2,1-2H3,(H,24,25). The van der Waals surface area contributed by atoms with Crippen LogP contribution in [0.3, 0.4) is 0 Å². The van der Waals surface area contributed by atoms with Gasteiger partial charge in [-0.3, -0.25) is 4.79 Å². The van der Waals surface area contributed by atoms with Crippen molar-refractivity contribution < 1.29 is 22.7 Å². The van der Waals surface area contributed by atoms with Gasteiger partial charge in [-0.05, 0) is 36.2 Å².